The highest BCUT2D eigenvalue weighted by atomic mass is 32.2. The maximum Gasteiger partial charge on any atom is 0.264 e. The molecule has 0 aromatic heterocycles. The first-order valence-corrected chi connectivity index (χ1v) is 16.4. The summed E-state index contributed by atoms with van der Waals surface area (Å²) in [6, 6.07) is 15.8. The molecule has 2 aliphatic rings. The lowest BCUT2D eigenvalue weighted by molar-refractivity contribution is -0.139. The number of hydrogen-bond acceptors (Lipinski definition) is 6. The van der Waals surface area contributed by atoms with Gasteiger partial charge in [-0.3, -0.25) is 13.9 Å². The number of rotatable bonds is 10. The molecule has 1 saturated carbocycles. The molecule has 0 radical (unpaired) electrons. The minimum absolute atomic E-state index is 0.0420. The van der Waals surface area contributed by atoms with Gasteiger partial charge in [0.2, 0.25) is 11.8 Å². The molecule has 1 fully saturated rings. The number of amides is 2. The fourth-order valence-electron chi connectivity index (χ4n) is 5.57. The van der Waals surface area contributed by atoms with Crippen molar-refractivity contribution in [3.8, 4) is 11.5 Å². The molecule has 1 N–H and O–H groups in total. The Balaban J connectivity index is 1.48. The maximum atomic E-state index is 14.2. The Morgan fingerprint density at radius 3 is 2.34 bits per heavy atom. The molecule has 0 unspecified atom stereocenters. The lowest BCUT2D eigenvalue weighted by Gasteiger charge is -2.33. The molecule has 9 nitrogen and oxygen atoms in total. The van der Waals surface area contributed by atoms with Gasteiger partial charge in [0.25, 0.3) is 10.0 Å². The van der Waals surface area contributed by atoms with Gasteiger partial charge in [0.1, 0.15) is 31.6 Å². The van der Waals surface area contributed by atoms with Crippen molar-refractivity contribution < 1.29 is 31.9 Å². The van der Waals surface area contributed by atoms with E-state index in [1.807, 2.05) is 31.2 Å². The van der Waals surface area contributed by atoms with Crippen LogP contribution < -0.4 is 19.1 Å². The number of anilines is 1. The van der Waals surface area contributed by atoms with Crippen LogP contribution in [0.3, 0.4) is 0 Å². The molecule has 44 heavy (non-hydrogen) atoms. The van der Waals surface area contributed by atoms with Crippen LogP contribution in [0.15, 0.2) is 71.6 Å². The number of halogens is 1. The van der Waals surface area contributed by atoms with Gasteiger partial charge in [-0.15, -0.1) is 0 Å². The third kappa shape index (κ3) is 7.15. The first-order valence-electron chi connectivity index (χ1n) is 15.0. The second-order valence-corrected chi connectivity index (χ2v) is 13.1. The van der Waals surface area contributed by atoms with Gasteiger partial charge < -0.3 is 19.7 Å². The van der Waals surface area contributed by atoms with Crippen molar-refractivity contribution in [2.24, 2.45) is 0 Å². The molecule has 1 aliphatic heterocycles. The number of nitrogens with one attached hydrogen (secondary N) is 1. The van der Waals surface area contributed by atoms with Gasteiger partial charge >= 0.3 is 0 Å². The molecule has 2 amide bonds. The highest BCUT2D eigenvalue weighted by Gasteiger charge is 2.34. The topological polar surface area (TPSA) is 105 Å². The number of carbonyl (C=O) groups is 2. The van der Waals surface area contributed by atoms with E-state index >= 15 is 0 Å². The maximum absolute atomic E-state index is 14.2. The Bertz CT molecular complexity index is 1590. The zero-order chi connectivity index (χ0) is 31.3. The molecule has 3 aromatic rings. The third-order valence-corrected chi connectivity index (χ3v) is 9.99. The van der Waals surface area contributed by atoms with E-state index in [4.69, 9.17) is 9.47 Å². The molecule has 234 valence electrons. The lowest BCUT2D eigenvalue weighted by atomic mass is 9.95. The SMILES string of the molecule is Cc1ccccc1CN(C(=O)CN(c1ccc(F)cc1)S(=O)(=O)c1ccc2c(c1)OCCO2)[C@H](C)C(=O)NC1CCCCC1. The van der Waals surface area contributed by atoms with E-state index in [0.29, 0.717) is 12.4 Å². The minimum atomic E-state index is -4.35. The summed E-state index contributed by atoms with van der Waals surface area (Å²) in [5.41, 5.74) is 1.87. The fourth-order valence-corrected chi connectivity index (χ4v) is 7.00. The Hall–Kier alpha value is -4.12. The molecule has 0 saturated heterocycles. The van der Waals surface area contributed by atoms with Crippen molar-refractivity contribution in [1.29, 1.82) is 0 Å². The zero-order valence-electron chi connectivity index (χ0n) is 25.0. The van der Waals surface area contributed by atoms with E-state index < -0.39 is 34.3 Å². The number of benzene rings is 3. The minimum Gasteiger partial charge on any atom is -0.486 e. The summed E-state index contributed by atoms with van der Waals surface area (Å²) < 4.78 is 54.2. The van der Waals surface area contributed by atoms with E-state index in [9.17, 15) is 22.4 Å². The van der Waals surface area contributed by atoms with Crippen molar-refractivity contribution in [2.45, 2.75) is 69.5 Å². The van der Waals surface area contributed by atoms with Crippen molar-refractivity contribution >= 4 is 27.5 Å². The second-order valence-electron chi connectivity index (χ2n) is 11.3. The monoisotopic (exact) mass is 623 g/mol. The van der Waals surface area contributed by atoms with Crippen LogP contribution in [0.5, 0.6) is 11.5 Å². The van der Waals surface area contributed by atoms with Crippen molar-refractivity contribution in [3.05, 3.63) is 83.7 Å². The Morgan fingerprint density at radius 2 is 1.64 bits per heavy atom. The van der Waals surface area contributed by atoms with E-state index in [1.54, 1.807) is 6.92 Å². The summed E-state index contributed by atoms with van der Waals surface area (Å²) in [4.78, 5) is 29.0. The number of carbonyl (C=O) groups excluding carboxylic acids is 2. The number of aryl methyl sites for hydroxylation is 1. The summed E-state index contributed by atoms with van der Waals surface area (Å²) in [5.74, 6) is -0.725. The Kier molecular flexibility index (Phi) is 9.73. The number of fused-ring (bicyclic) bond motifs is 1. The molecule has 5 rings (SSSR count). The Morgan fingerprint density at radius 1 is 0.955 bits per heavy atom. The van der Waals surface area contributed by atoms with Gasteiger partial charge in [-0.05, 0) is 74.2 Å². The van der Waals surface area contributed by atoms with E-state index in [-0.39, 0.29) is 41.4 Å². The number of nitrogens with zero attached hydrogens (tertiary/aromatic N) is 2. The van der Waals surface area contributed by atoms with Crippen LogP contribution in [-0.2, 0) is 26.2 Å². The van der Waals surface area contributed by atoms with E-state index in [1.165, 1.54) is 35.2 Å². The fraction of sp³-hybridized carbons (Fsp3) is 0.394. The number of ether oxygens (including phenoxy) is 2. The molecule has 0 spiro atoms. The molecular weight excluding hydrogens is 585 g/mol. The summed E-state index contributed by atoms with van der Waals surface area (Å²) in [5, 5.41) is 3.10. The van der Waals surface area contributed by atoms with Crippen LogP contribution in [0.1, 0.15) is 50.2 Å². The standard InChI is InChI=1S/C33H38FN3O6S/c1-23-8-6-7-9-25(23)21-36(24(2)33(39)35-27-10-4-3-5-11-27)32(38)22-37(28-14-12-26(34)13-15-28)44(40,41)29-16-17-30-31(20-29)43-19-18-42-30/h6-9,12-17,20,24,27H,3-5,10-11,18-19,21-22H2,1-2H3,(H,35,39)/t24-/m1/s1. The summed E-state index contributed by atoms with van der Waals surface area (Å²) in [6.07, 6.45) is 4.98. The summed E-state index contributed by atoms with van der Waals surface area (Å²) in [6.45, 7) is 3.68. The van der Waals surface area contributed by atoms with E-state index in [0.717, 1.165) is 59.7 Å². The van der Waals surface area contributed by atoms with Crippen molar-refractivity contribution in [3.63, 3.8) is 0 Å². The van der Waals surface area contributed by atoms with Gasteiger partial charge in [-0.25, -0.2) is 12.8 Å². The average Bonchev–Trinajstić information content (AvgIpc) is 3.03. The van der Waals surface area contributed by atoms with Crippen LogP contribution in [-0.4, -0.2) is 57.0 Å². The van der Waals surface area contributed by atoms with Crippen molar-refractivity contribution in [1.82, 2.24) is 10.2 Å². The summed E-state index contributed by atoms with van der Waals surface area (Å²) in [7, 11) is -4.35. The number of sulfonamides is 1. The quantitative estimate of drug-likeness (QED) is 0.342. The molecular formula is C33H38FN3O6S. The van der Waals surface area contributed by atoms with Gasteiger partial charge in [0.15, 0.2) is 11.5 Å². The first kappa shape index (κ1) is 31.3. The van der Waals surface area contributed by atoms with Crippen molar-refractivity contribution in [2.75, 3.05) is 24.1 Å². The van der Waals surface area contributed by atoms with Gasteiger partial charge in [0.05, 0.1) is 10.6 Å². The smallest absolute Gasteiger partial charge is 0.264 e. The third-order valence-electron chi connectivity index (χ3n) is 8.22. The normalized spacial score (nSPS) is 15.7. The highest BCUT2D eigenvalue weighted by molar-refractivity contribution is 7.92. The zero-order valence-corrected chi connectivity index (χ0v) is 25.8. The molecule has 11 heteroatoms. The number of hydrogen-bond donors (Lipinski definition) is 1. The Labute approximate surface area is 258 Å². The van der Waals surface area contributed by atoms with Crippen LogP contribution in [0, 0.1) is 12.7 Å². The first-order chi connectivity index (χ1) is 21.1. The molecule has 0 bridgehead atoms. The lowest BCUT2D eigenvalue weighted by Crippen LogP contribution is -2.53. The molecule has 1 atom stereocenters. The molecule has 1 heterocycles. The van der Waals surface area contributed by atoms with Gasteiger partial charge in [-0.2, -0.15) is 0 Å². The van der Waals surface area contributed by atoms with Gasteiger partial charge in [0, 0.05) is 18.7 Å². The van der Waals surface area contributed by atoms with Crippen LogP contribution in [0.2, 0.25) is 0 Å². The predicted octanol–water partition coefficient (Wildman–Crippen LogP) is 4.97. The van der Waals surface area contributed by atoms with Crippen LogP contribution in [0.25, 0.3) is 0 Å². The highest BCUT2D eigenvalue weighted by Crippen LogP contribution is 2.34. The predicted molar refractivity (Wildman–Crippen MR) is 165 cm³/mol. The second kappa shape index (κ2) is 13.7. The molecule has 3 aromatic carbocycles. The average molecular weight is 624 g/mol. The summed E-state index contributed by atoms with van der Waals surface area (Å²) >= 11 is 0. The largest absolute Gasteiger partial charge is 0.486 e. The van der Waals surface area contributed by atoms with Crippen LogP contribution in [0.4, 0.5) is 10.1 Å². The van der Waals surface area contributed by atoms with Crippen LogP contribution >= 0.6 is 0 Å². The van der Waals surface area contributed by atoms with Gasteiger partial charge in [-0.1, -0.05) is 43.5 Å². The molecule has 1 aliphatic carbocycles. The van der Waals surface area contributed by atoms with E-state index in [2.05, 4.69) is 5.32 Å².